The summed E-state index contributed by atoms with van der Waals surface area (Å²) in [5.41, 5.74) is 2.00. The summed E-state index contributed by atoms with van der Waals surface area (Å²) in [5, 5.41) is 2.61. The highest BCUT2D eigenvalue weighted by atomic mass is 35.5. The van der Waals surface area contributed by atoms with Crippen LogP contribution in [0, 0.1) is 0 Å². The smallest absolute Gasteiger partial charge is 0.290 e. The van der Waals surface area contributed by atoms with Crippen molar-refractivity contribution in [2.75, 3.05) is 6.61 Å². The first-order valence-corrected chi connectivity index (χ1v) is 8.52. The molecular weight excluding hydrogens is 346 g/mol. The molecule has 0 radical (unpaired) electrons. The van der Waals surface area contributed by atoms with E-state index in [1.54, 1.807) is 6.08 Å². The number of hydrogen-bond donors (Lipinski definition) is 1. The van der Waals surface area contributed by atoms with Crippen LogP contribution in [-0.2, 0) is 11.2 Å². The zero-order valence-electron chi connectivity index (χ0n) is 12.6. The Hall–Kier alpha value is -2.24. The molecule has 0 saturated carbocycles. The maximum Gasteiger partial charge on any atom is 0.290 e. The summed E-state index contributed by atoms with van der Waals surface area (Å²) >= 11 is 6.76. The van der Waals surface area contributed by atoms with Gasteiger partial charge in [-0.3, -0.25) is 14.9 Å². The predicted octanol–water partition coefficient (Wildman–Crippen LogP) is 4.29. The van der Waals surface area contributed by atoms with Gasteiger partial charge in [-0.25, -0.2) is 0 Å². The predicted molar refractivity (Wildman–Crippen MR) is 96.2 cm³/mol. The number of halogens is 1. The molecule has 1 aliphatic rings. The highest BCUT2D eigenvalue weighted by molar-refractivity contribution is 8.18. The van der Waals surface area contributed by atoms with Gasteiger partial charge < -0.3 is 4.74 Å². The third kappa shape index (κ3) is 4.40. The first kappa shape index (κ1) is 16.6. The van der Waals surface area contributed by atoms with Crippen molar-refractivity contribution in [2.24, 2.45) is 0 Å². The molecular formula is C18H14ClNO3S. The van der Waals surface area contributed by atoms with Gasteiger partial charge in [-0.15, -0.1) is 0 Å². The Kier molecular flexibility index (Phi) is 5.23. The molecule has 0 atom stereocenters. The van der Waals surface area contributed by atoms with E-state index in [0.29, 0.717) is 11.5 Å². The molecule has 0 spiro atoms. The molecule has 3 rings (SSSR count). The zero-order valence-corrected chi connectivity index (χ0v) is 14.2. The number of amides is 2. The normalized spacial score (nSPS) is 15.6. The molecule has 1 saturated heterocycles. The molecule has 1 fully saturated rings. The minimum Gasteiger partial charge on any atom is -0.493 e. The minimum absolute atomic E-state index is 0.339. The van der Waals surface area contributed by atoms with Gasteiger partial charge in [0.05, 0.1) is 11.5 Å². The van der Waals surface area contributed by atoms with E-state index < -0.39 is 0 Å². The van der Waals surface area contributed by atoms with E-state index in [1.165, 1.54) is 0 Å². The average molecular weight is 360 g/mol. The van der Waals surface area contributed by atoms with Crippen LogP contribution in [0.2, 0.25) is 5.02 Å². The number of nitrogens with one attached hydrogen (secondary N) is 1. The lowest BCUT2D eigenvalue weighted by atomic mass is 10.1. The number of imide groups is 1. The fourth-order valence-electron chi connectivity index (χ4n) is 2.17. The third-order valence-corrected chi connectivity index (χ3v) is 4.46. The fraction of sp³-hybridized carbons (Fsp3) is 0.111. The van der Waals surface area contributed by atoms with Gasteiger partial charge in [-0.05, 0) is 53.2 Å². The molecule has 0 aliphatic carbocycles. The van der Waals surface area contributed by atoms with Crippen LogP contribution in [0.3, 0.4) is 0 Å². The van der Waals surface area contributed by atoms with E-state index in [0.717, 1.165) is 40.1 Å². The van der Waals surface area contributed by atoms with Crippen LogP contribution in [0.1, 0.15) is 11.1 Å². The molecule has 2 amide bonds. The molecule has 4 nitrogen and oxygen atoms in total. The van der Waals surface area contributed by atoms with Gasteiger partial charge in [0.25, 0.3) is 11.1 Å². The molecule has 2 aromatic rings. The number of benzene rings is 2. The highest BCUT2D eigenvalue weighted by Gasteiger charge is 2.24. The summed E-state index contributed by atoms with van der Waals surface area (Å²) in [6.07, 6.45) is 2.48. The first-order valence-electron chi connectivity index (χ1n) is 7.32. The Morgan fingerprint density at radius 2 is 1.75 bits per heavy atom. The van der Waals surface area contributed by atoms with Crippen molar-refractivity contribution in [1.82, 2.24) is 5.32 Å². The van der Waals surface area contributed by atoms with E-state index in [9.17, 15) is 9.59 Å². The SMILES string of the molecule is O=C1NC(=O)/C(=C/c2ccc(OCCc3ccc(Cl)cc3)cc2)S1. The van der Waals surface area contributed by atoms with Crippen LogP contribution >= 0.6 is 23.4 Å². The van der Waals surface area contributed by atoms with Gasteiger partial charge in [-0.1, -0.05) is 35.9 Å². The van der Waals surface area contributed by atoms with Crippen molar-refractivity contribution in [2.45, 2.75) is 6.42 Å². The fourth-order valence-corrected chi connectivity index (χ4v) is 2.98. The standard InChI is InChI=1S/C18H14ClNO3S/c19-14-5-1-12(2-6-14)9-10-23-15-7-3-13(4-8-15)11-16-17(21)20-18(22)24-16/h1-8,11H,9-10H2,(H,20,21,22)/b16-11-. The molecule has 1 heterocycles. The Balaban J connectivity index is 1.55. The Labute approximate surface area is 148 Å². The van der Waals surface area contributed by atoms with E-state index in [-0.39, 0.29) is 11.1 Å². The van der Waals surface area contributed by atoms with Crippen molar-refractivity contribution in [1.29, 1.82) is 0 Å². The van der Waals surface area contributed by atoms with Crippen molar-refractivity contribution in [3.8, 4) is 5.75 Å². The molecule has 6 heteroatoms. The van der Waals surface area contributed by atoms with E-state index in [4.69, 9.17) is 16.3 Å². The van der Waals surface area contributed by atoms with Gasteiger partial charge >= 0.3 is 0 Å². The molecule has 1 N–H and O–H groups in total. The maximum absolute atomic E-state index is 11.5. The second-order valence-electron chi connectivity index (χ2n) is 5.15. The number of ether oxygens (including phenoxy) is 1. The topological polar surface area (TPSA) is 55.4 Å². The maximum atomic E-state index is 11.5. The van der Waals surface area contributed by atoms with Crippen LogP contribution in [0.25, 0.3) is 6.08 Å². The van der Waals surface area contributed by atoms with Crippen molar-refractivity contribution >= 4 is 40.6 Å². The van der Waals surface area contributed by atoms with Gasteiger partial charge in [0.15, 0.2) is 0 Å². The summed E-state index contributed by atoms with van der Waals surface area (Å²) < 4.78 is 5.71. The molecule has 2 aromatic carbocycles. The highest BCUT2D eigenvalue weighted by Crippen LogP contribution is 2.26. The number of rotatable bonds is 5. The average Bonchev–Trinajstić information content (AvgIpc) is 2.88. The summed E-state index contributed by atoms with van der Waals surface area (Å²) in [7, 11) is 0. The van der Waals surface area contributed by atoms with E-state index in [2.05, 4.69) is 5.32 Å². The van der Waals surface area contributed by atoms with Gasteiger partial charge in [-0.2, -0.15) is 0 Å². The van der Waals surface area contributed by atoms with Gasteiger partial charge in [0, 0.05) is 11.4 Å². The van der Waals surface area contributed by atoms with Crippen LogP contribution in [0.4, 0.5) is 4.79 Å². The van der Waals surface area contributed by atoms with Crippen molar-refractivity contribution < 1.29 is 14.3 Å². The Morgan fingerprint density at radius 3 is 2.38 bits per heavy atom. The molecule has 0 unspecified atom stereocenters. The third-order valence-electron chi connectivity index (χ3n) is 3.39. The van der Waals surface area contributed by atoms with E-state index in [1.807, 2.05) is 48.5 Å². The molecule has 1 aliphatic heterocycles. The Morgan fingerprint density at radius 1 is 1.04 bits per heavy atom. The van der Waals surface area contributed by atoms with Crippen molar-refractivity contribution in [3.05, 3.63) is 69.6 Å². The minimum atomic E-state index is -0.353. The van der Waals surface area contributed by atoms with Crippen LogP contribution in [0.15, 0.2) is 53.4 Å². The number of carbonyl (C=O) groups excluding carboxylic acids is 2. The summed E-state index contributed by atoms with van der Waals surface area (Å²) in [6, 6.07) is 15.1. The largest absolute Gasteiger partial charge is 0.493 e. The van der Waals surface area contributed by atoms with E-state index >= 15 is 0 Å². The molecule has 0 aromatic heterocycles. The summed E-state index contributed by atoms with van der Waals surface area (Å²) in [6.45, 7) is 0.564. The lowest BCUT2D eigenvalue weighted by Crippen LogP contribution is -2.17. The first-order chi connectivity index (χ1) is 11.6. The number of hydrogen-bond acceptors (Lipinski definition) is 4. The van der Waals surface area contributed by atoms with Crippen molar-refractivity contribution in [3.63, 3.8) is 0 Å². The second-order valence-corrected chi connectivity index (χ2v) is 6.60. The van der Waals surface area contributed by atoms with Gasteiger partial charge in [0.1, 0.15) is 5.75 Å². The summed E-state index contributed by atoms with van der Waals surface area (Å²) in [4.78, 5) is 23.0. The molecule has 0 bridgehead atoms. The van der Waals surface area contributed by atoms with Crippen LogP contribution in [-0.4, -0.2) is 17.8 Å². The monoisotopic (exact) mass is 359 g/mol. The zero-order chi connectivity index (χ0) is 16.9. The number of carbonyl (C=O) groups is 2. The molecule has 122 valence electrons. The second kappa shape index (κ2) is 7.55. The van der Waals surface area contributed by atoms with Crippen LogP contribution < -0.4 is 10.1 Å². The summed E-state index contributed by atoms with van der Waals surface area (Å²) in [5.74, 6) is 0.402. The van der Waals surface area contributed by atoms with Crippen LogP contribution in [0.5, 0.6) is 5.75 Å². The Bertz CT molecular complexity index is 785. The lowest BCUT2D eigenvalue weighted by molar-refractivity contribution is -0.115. The molecule has 24 heavy (non-hydrogen) atoms. The van der Waals surface area contributed by atoms with Gasteiger partial charge in [0.2, 0.25) is 0 Å². The number of thioether (sulfide) groups is 1. The lowest BCUT2D eigenvalue weighted by Gasteiger charge is -2.07. The quantitative estimate of drug-likeness (QED) is 0.809.